The summed E-state index contributed by atoms with van der Waals surface area (Å²) in [6.45, 7) is 0. The minimum atomic E-state index is -0.963. The summed E-state index contributed by atoms with van der Waals surface area (Å²) < 4.78 is 0. The van der Waals surface area contributed by atoms with Gasteiger partial charge in [0.1, 0.15) is 22.9 Å². The number of primary amides is 1. The number of aliphatic hydroxyl groups excluding tert-OH is 2. The largest absolute Gasteiger partial charge is 0.390 e. The smallest absolute Gasteiger partial charge is 0.235 e. The van der Waals surface area contributed by atoms with Gasteiger partial charge in [0.05, 0.1) is 17.8 Å². The number of aliphatic hydroxyl groups is 2. The van der Waals surface area contributed by atoms with Crippen LogP contribution in [-0.4, -0.2) is 45.2 Å². The van der Waals surface area contributed by atoms with Crippen molar-refractivity contribution in [2.75, 3.05) is 0 Å². The fourth-order valence-electron chi connectivity index (χ4n) is 2.96. The number of carbonyl (C=O) groups is 1. The number of nitrogens with zero attached hydrogens (tertiary/aromatic N) is 2. The molecule has 4 unspecified atom stereocenters. The van der Waals surface area contributed by atoms with Crippen molar-refractivity contribution in [3.8, 4) is 0 Å². The summed E-state index contributed by atoms with van der Waals surface area (Å²) >= 11 is 1.42. The lowest BCUT2D eigenvalue weighted by Gasteiger charge is -2.16. The number of amides is 1. The van der Waals surface area contributed by atoms with Crippen LogP contribution in [0.4, 0.5) is 0 Å². The lowest BCUT2D eigenvalue weighted by Crippen LogP contribution is -2.36. The third-order valence-electron chi connectivity index (χ3n) is 4.25. The molecule has 7 nitrogen and oxygen atoms in total. The van der Waals surface area contributed by atoms with E-state index in [4.69, 9.17) is 11.5 Å². The molecule has 4 atom stereocenters. The second kappa shape index (κ2) is 6.38. The number of allylic oxidation sites excluding steroid dienone is 1. The average Bonchev–Trinajstić information content (AvgIpc) is 3.05. The number of rotatable bonds is 4. The van der Waals surface area contributed by atoms with E-state index in [1.807, 2.05) is 12.2 Å². The highest BCUT2D eigenvalue weighted by Crippen LogP contribution is 2.31. The van der Waals surface area contributed by atoms with Gasteiger partial charge in [0.25, 0.3) is 0 Å². The summed E-state index contributed by atoms with van der Waals surface area (Å²) in [7, 11) is 0. The predicted octanol–water partition coefficient (Wildman–Crippen LogP) is -0.0872. The van der Waals surface area contributed by atoms with Crippen molar-refractivity contribution in [1.29, 1.82) is 0 Å². The SMILES string of the molecule is NC(=O)C(C(N)=NC1CCC(O)C1O)c1nc2c(s1)CCC=C2. The number of carbonyl (C=O) groups excluding carboxylic acids is 1. The quantitative estimate of drug-likeness (QED) is 0.450. The van der Waals surface area contributed by atoms with E-state index in [0.29, 0.717) is 17.8 Å². The molecule has 0 spiro atoms. The van der Waals surface area contributed by atoms with E-state index in [2.05, 4.69) is 9.98 Å². The molecule has 1 aromatic rings. The Hall–Kier alpha value is -1.77. The number of nitrogens with two attached hydrogens (primary N) is 2. The third kappa shape index (κ3) is 3.15. The molecule has 1 heterocycles. The standard InChI is InChI=1S/C15H20N4O3S/c16-13(18-8-5-6-9(20)12(8)21)11(14(17)22)15-19-7-3-1-2-4-10(7)23-15/h1,3,8-9,11-12,20-21H,2,4-6H2,(H2,16,18)(H2,17,22). The first kappa shape index (κ1) is 16.1. The van der Waals surface area contributed by atoms with Crippen LogP contribution < -0.4 is 11.5 Å². The first-order valence-electron chi connectivity index (χ1n) is 7.62. The van der Waals surface area contributed by atoms with Gasteiger partial charge in [-0.25, -0.2) is 4.98 Å². The number of fused-ring (bicyclic) bond motifs is 1. The van der Waals surface area contributed by atoms with Crippen LogP contribution in [0.1, 0.15) is 40.8 Å². The van der Waals surface area contributed by atoms with Crippen LogP contribution in [0.2, 0.25) is 0 Å². The van der Waals surface area contributed by atoms with Gasteiger partial charge in [-0.1, -0.05) is 6.08 Å². The Labute approximate surface area is 137 Å². The number of hydrogen-bond acceptors (Lipinski definition) is 6. The maximum absolute atomic E-state index is 11.9. The Morgan fingerprint density at radius 1 is 1.39 bits per heavy atom. The second-order valence-corrected chi connectivity index (χ2v) is 7.01. The van der Waals surface area contributed by atoms with Crippen LogP contribution in [0.3, 0.4) is 0 Å². The van der Waals surface area contributed by atoms with Crippen molar-refractivity contribution in [3.63, 3.8) is 0 Å². The highest BCUT2D eigenvalue weighted by atomic mass is 32.1. The van der Waals surface area contributed by atoms with Gasteiger partial charge in [-0.2, -0.15) is 0 Å². The highest BCUT2D eigenvalue weighted by Gasteiger charge is 2.35. The molecule has 23 heavy (non-hydrogen) atoms. The number of thiazole rings is 1. The number of aryl methyl sites for hydroxylation is 1. The van der Waals surface area contributed by atoms with Crippen molar-refractivity contribution in [1.82, 2.24) is 4.98 Å². The van der Waals surface area contributed by atoms with Gasteiger partial charge in [-0.15, -0.1) is 11.3 Å². The van der Waals surface area contributed by atoms with Crippen LogP contribution in [0.25, 0.3) is 6.08 Å². The summed E-state index contributed by atoms with van der Waals surface area (Å²) in [5, 5.41) is 20.0. The van der Waals surface area contributed by atoms with E-state index in [1.54, 1.807) is 0 Å². The van der Waals surface area contributed by atoms with Gasteiger partial charge in [0, 0.05) is 4.88 Å². The van der Waals surface area contributed by atoms with Gasteiger partial charge in [0.15, 0.2) is 0 Å². The second-order valence-electron chi connectivity index (χ2n) is 5.89. The zero-order valence-corrected chi connectivity index (χ0v) is 13.4. The molecule has 8 heteroatoms. The van der Waals surface area contributed by atoms with Crippen LogP contribution >= 0.6 is 11.3 Å². The number of aromatic nitrogens is 1. The molecular formula is C15H20N4O3S. The zero-order valence-electron chi connectivity index (χ0n) is 12.6. The monoisotopic (exact) mass is 336 g/mol. The molecule has 3 rings (SSSR count). The van der Waals surface area contributed by atoms with Crippen LogP contribution in [0, 0.1) is 0 Å². The molecule has 124 valence electrons. The van der Waals surface area contributed by atoms with Crippen molar-refractivity contribution < 1.29 is 15.0 Å². The zero-order chi connectivity index (χ0) is 16.6. The molecule has 1 amide bonds. The topological polar surface area (TPSA) is 135 Å². The van der Waals surface area contributed by atoms with Gasteiger partial charge in [0.2, 0.25) is 5.91 Å². The molecule has 6 N–H and O–H groups in total. The Balaban J connectivity index is 1.88. The van der Waals surface area contributed by atoms with Gasteiger partial charge < -0.3 is 21.7 Å². The summed E-state index contributed by atoms with van der Waals surface area (Å²) in [6.07, 6.45) is 5.02. The molecule has 1 saturated carbocycles. The summed E-state index contributed by atoms with van der Waals surface area (Å²) in [5.41, 5.74) is 12.4. The van der Waals surface area contributed by atoms with Gasteiger partial charge in [-0.3, -0.25) is 9.79 Å². The maximum atomic E-state index is 11.9. The Kier molecular flexibility index (Phi) is 4.47. The Morgan fingerprint density at radius 2 is 2.17 bits per heavy atom. The van der Waals surface area contributed by atoms with Crippen molar-refractivity contribution in [2.45, 2.75) is 49.9 Å². The number of aliphatic imine (C=N–C) groups is 1. The van der Waals surface area contributed by atoms with Gasteiger partial charge in [-0.05, 0) is 31.8 Å². The molecule has 2 aliphatic rings. The molecule has 0 aliphatic heterocycles. The fraction of sp³-hybridized carbons (Fsp3) is 0.533. The van der Waals surface area contributed by atoms with E-state index in [-0.39, 0.29) is 5.84 Å². The fourth-order valence-corrected chi connectivity index (χ4v) is 4.15. The third-order valence-corrected chi connectivity index (χ3v) is 5.44. The summed E-state index contributed by atoms with van der Waals surface area (Å²) in [6, 6.07) is -0.513. The van der Waals surface area contributed by atoms with E-state index in [1.165, 1.54) is 11.3 Å². The molecule has 1 fully saturated rings. The lowest BCUT2D eigenvalue weighted by molar-refractivity contribution is -0.118. The molecule has 0 radical (unpaired) electrons. The maximum Gasteiger partial charge on any atom is 0.235 e. The van der Waals surface area contributed by atoms with E-state index >= 15 is 0 Å². The molecule has 2 aliphatic carbocycles. The number of amidine groups is 1. The molecule has 0 saturated heterocycles. The average molecular weight is 336 g/mol. The first-order valence-corrected chi connectivity index (χ1v) is 8.43. The van der Waals surface area contributed by atoms with Crippen molar-refractivity contribution in [2.24, 2.45) is 16.5 Å². The van der Waals surface area contributed by atoms with Crippen molar-refractivity contribution >= 4 is 29.2 Å². The normalized spacial score (nSPS) is 28.6. The van der Waals surface area contributed by atoms with Gasteiger partial charge >= 0.3 is 0 Å². The summed E-state index contributed by atoms with van der Waals surface area (Å²) in [5.74, 6) is -1.47. The minimum Gasteiger partial charge on any atom is -0.390 e. The molecule has 1 aromatic heterocycles. The highest BCUT2D eigenvalue weighted by molar-refractivity contribution is 7.12. The first-order chi connectivity index (χ1) is 11.0. The molecule has 0 aromatic carbocycles. The number of hydrogen-bond donors (Lipinski definition) is 4. The molecule has 0 bridgehead atoms. The van der Waals surface area contributed by atoms with E-state index < -0.39 is 30.1 Å². The Bertz CT molecular complexity index is 670. The Morgan fingerprint density at radius 3 is 2.78 bits per heavy atom. The minimum absolute atomic E-state index is 0.0470. The van der Waals surface area contributed by atoms with Crippen LogP contribution in [-0.2, 0) is 11.2 Å². The van der Waals surface area contributed by atoms with E-state index in [0.717, 1.165) is 23.4 Å². The van der Waals surface area contributed by atoms with Crippen molar-refractivity contribution in [3.05, 3.63) is 21.7 Å². The van der Waals surface area contributed by atoms with Crippen LogP contribution in [0.15, 0.2) is 11.1 Å². The molecular weight excluding hydrogens is 316 g/mol. The van der Waals surface area contributed by atoms with E-state index in [9.17, 15) is 15.0 Å². The lowest BCUT2D eigenvalue weighted by atomic mass is 10.1. The van der Waals surface area contributed by atoms with Crippen LogP contribution in [0.5, 0.6) is 0 Å². The summed E-state index contributed by atoms with van der Waals surface area (Å²) in [4.78, 5) is 21.7. The predicted molar refractivity (Wildman–Crippen MR) is 88.1 cm³/mol.